The maximum Gasteiger partial charge on any atom is 0.247 e. The lowest BCUT2D eigenvalue weighted by Crippen LogP contribution is -2.65. The molecule has 0 saturated carbocycles. The van der Waals surface area contributed by atoms with Gasteiger partial charge in [0.15, 0.2) is 0 Å². The molecule has 0 bridgehead atoms. The molecule has 0 amide bonds. The minimum atomic E-state index is -1.36. The van der Waals surface area contributed by atoms with Crippen LogP contribution < -0.4 is 26.2 Å². The predicted octanol–water partition coefficient (Wildman–Crippen LogP) is 22.1. The number of para-hydroxylation sites is 5. The molecular formula is C91H76BN3. The summed E-state index contributed by atoms with van der Waals surface area (Å²) in [4.78, 5) is 4.61. The molecule has 458 valence electrons. The van der Waals surface area contributed by atoms with Gasteiger partial charge in [-0.1, -0.05) is 298 Å². The Kier molecular flexibility index (Phi) is 10.4. The maximum atomic E-state index is 10.1. The molecule has 0 atom stereocenters. The molecule has 0 aliphatic carbocycles. The van der Waals surface area contributed by atoms with E-state index >= 15 is 0 Å². The van der Waals surface area contributed by atoms with Crippen LogP contribution in [0.2, 0.25) is 0 Å². The summed E-state index contributed by atoms with van der Waals surface area (Å²) in [6, 6.07) is 70.1. The van der Waals surface area contributed by atoms with Crippen LogP contribution in [0, 0.1) is 0 Å². The summed E-state index contributed by atoms with van der Waals surface area (Å²) >= 11 is 0. The van der Waals surface area contributed by atoms with Crippen molar-refractivity contribution in [3.05, 3.63) is 336 Å². The quantitative estimate of drug-likeness (QED) is 0.147. The first-order valence-electron chi connectivity index (χ1n) is 39.3. The van der Waals surface area contributed by atoms with Gasteiger partial charge in [0.1, 0.15) is 0 Å². The lowest BCUT2D eigenvalue weighted by Gasteiger charge is -2.52. The highest BCUT2D eigenvalue weighted by Gasteiger charge is 2.56. The van der Waals surface area contributed by atoms with Crippen LogP contribution in [-0.2, 0) is 21.7 Å². The van der Waals surface area contributed by atoms with Gasteiger partial charge in [0, 0.05) is 44.6 Å². The molecule has 95 heavy (non-hydrogen) atoms. The van der Waals surface area contributed by atoms with Gasteiger partial charge < -0.3 is 14.4 Å². The summed E-state index contributed by atoms with van der Waals surface area (Å²) in [5.41, 5.74) is 17.8. The van der Waals surface area contributed by atoms with Gasteiger partial charge in [0.05, 0.1) is 51.3 Å². The number of aromatic nitrogens is 1. The molecule has 14 aromatic rings. The number of hydrogen-bond acceptors (Lipinski definition) is 2. The molecule has 13 aromatic carbocycles. The van der Waals surface area contributed by atoms with Crippen LogP contribution in [0.3, 0.4) is 0 Å². The molecular weight excluding hydrogens is 1150 g/mol. The number of nitrogens with zero attached hydrogens (tertiary/aromatic N) is 3. The third-order valence-corrected chi connectivity index (χ3v) is 20.0. The molecule has 17 rings (SSSR count). The van der Waals surface area contributed by atoms with Crippen molar-refractivity contribution >= 4 is 79.0 Å². The van der Waals surface area contributed by atoms with Crippen LogP contribution in [0.25, 0.3) is 72.0 Å². The van der Waals surface area contributed by atoms with E-state index in [4.69, 9.17) is 1.37 Å². The third-order valence-electron chi connectivity index (χ3n) is 20.0. The Morgan fingerprint density at radius 3 is 1.38 bits per heavy atom. The number of hydrogen-bond donors (Lipinski definition) is 0. The molecule has 0 N–H and O–H groups in total. The summed E-state index contributed by atoms with van der Waals surface area (Å²) in [5.74, 6) is 0. The van der Waals surface area contributed by atoms with Crippen molar-refractivity contribution in [2.24, 2.45) is 0 Å². The summed E-state index contributed by atoms with van der Waals surface area (Å²) in [7, 11) is 0. The topological polar surface area (TPSA) is 11.4 Å². The van der Waals surface area contributed by atoms with Gasteiger partial charge in [0.2, 0.25) is 6.71 Å². The van der Waals surface area contributed by atoms with Crippen molar-refractivity contribution in [3.8, 4) is 50.2 Å². The van der Waals surface area contributed by atoms with Crippen LogP contribution in [0.15, 0.2) is 297 Å². The van der Waals surface area contributed by atoms with Gasteiger partial charge in [-0.25, -0.2) is 0 Å². The zero-order chi connectivity index (χ0) is 76.0. The lowest BCUT2D eigenvalue weighted by molar-refractivity contribution is 0.569. The van der Waals surface area contributed by atoms with Crippen LogP contribution in [0.5, 0.6) is 0 Å². The van der Waals surface area contributed by atoms with Crippen molar-refractivity contribution in [2.45, 2.75) is 84.0 Å². The van der Waals surface area contributed by atoms with Gasteiger partial charge in [0.25, 0.3) is 0 Å². The van der Waals surface area contributed by atoms with E-state index in [1.807, 2.05) is 78.9 Å². The Hall–Kier alpha value is -10.7. The largest absolute Gasteiger partial charge is 0.310 e. The Balaban J connectivity index is 1.15. The fraction of sp³-hybridized carbons (Fsp3) is 0.143. The molecule has 0 unspecified atom stereocenters. The molecule has 3 aliphatic rings. The smallest absolute Gasteiger partial charge is 0.247 e. The number of rotatable bonds is 7. The minimum absolute atomic E-state index is 0.0350. The van der Waals surface area contributed by atoms with E-state index in [9.17, 15) is 16.4 Å². The van der Waals surface area contributed by atoms with Gasteiger partial charge in [-0.15, -0.1) is 0 Å². The second kappa shape index (κ2) is 21.7. The van der Waals surface area contributed by atoms with E-state index in [0.29, 0.717) is 22.6 Å². The first kappa shape index (κ1) is 45.6. The zero-order valence-corrected chi connectivity index (χ0v) is 54.7. The Morgan fingerprint density at radius 2 is 0.811 bits per heavy atom. The highest BCUT2D eigenvalue weighted by atomic mass is 15.2. The van der Waals surface area contributed by atoms with E-state index in [1.54, 1.807) is 4.57 Å². The monoisotopic (exact) mass is 1230 g/mol. The molecule has 3 nitrogen and oxygen atoms in total. The highest BCUT2D eigenvalue weighted by Crippen LogP contribution is 2.61. The van der Waals surface area contributed by atoms with Gasteiger partial charge in [-0.05, 0) is 166 Å². The average Bonchev–Trinajstić information content (AvgIpc) is 0.891. The van der Waals surface area contributed by atoms with Crippen LogP contribution in [-0.4, -0.2) is 11.3 Å². The fourth-order valence-electron chi connectivity index (χ4n) is 15.4. The van der Waals surface area contributed by atoms with E-state index in [0.717, 1.165) is 111 Å². The molecule has 0 saturated heterocycles. The number of benzene rings is 13. The highest BCUT2D eigenvalue weighted by molar-refractivity contribution is 6.99. The van der Waals surface area contributed by atoms with Crippen molar-refractivity contribution in [1.29, 1.82) is 0 Å². The molecule has 4 heteroatoms. The minimum Gasteiger partial charge on any atom is -0.310 e. The zero-order valence-electron chi connectivity index (χ0n) is 67.7. The van der Waals surface area contributed by atoms with Crippen LogP contribution in [0.1, 0.15) is 119 Å². The molecule has 0 fully saturated rings. The van der Waals surface area contributed by atoms with Crippen molar-refractivity contribution in [3.63, 3.8) is 0 Å². The number of fused-ring (bicyclic) bond motifs is 13. The molecule has 3 aliphatic heterocycles. The molecule has 1 aromatic heterocycles. The van der Waals surface area contributed by atoms with Gasteiger partial charge in [-0.2, -0.15) is 0 Å². The number of anilines is 6. The second-order valence-corrected chi connectivity index (χ2v) is 28.7. The van der Waals surface area contributed by atoms with Gasteiger partial charge >= 0.3 is 0 Å². The summed E-state index contributed by atoms with van der Waals surface area (Å²) in [5, 5.41) is -0.121. The third kappa shape index (κ3) is 9.16. The predicted molar refractivity (Wildman–Crippen MR) is 405 cm³/mol. The normalized spacial score (nSPS) is 15.7. The van der Waals surface area contributed by atoms with Crippen molar-refractivity contribution in [1.82, 2.24) is 4.57 Å². The molecule has 1 spiro atoms. The van der Waals surface area contributed by atoms with Crippen molar-refractivity contribution in [2.75, 3.05) is 9.80 Å². The van der Waals surface area contributed by atoms with Crippen LogP contribution >= 0.6 is 0 Å². The van der Waals surface area contributed by atoms with E-state index in [1.165, 1.54) is 0 Å². The average molecular weight is 1240 g/mol. The SMILES string of the molecule is [2H]c1c([2H])c([2H])c(-c2ccc3c(c2)B2c4cc(-c5cc(C(C)(C)C)cc(C(C)(C)C)c5)ccc4C4(c5ccccc5N(c5ccccc5)c5ccccc54)c4cc(-n5c6c([2H])c([2H])c([2H])c([2H])c6c6c([2H])c([2H])c([2H])c([2H])c65)cc(c42)N3c2c(-c3ccccc3)cc(C(C)(C)C)cc2-c2ccccc2)c([2H])c1[2H]. The molecule has 4 heterocycles. The summed E-state index contributed by atoms with van der Waals surface area (Å²) in [6.45, 7) is 19.3. The summed E-state index contributed by atoms with van der Waals surface area (Å²) in [6.07, 6.45) is 0. The van der Waals surface area contributed by atoms with E-state index in [2.05, 4.69) is 212 Å². The fourth-order valence-corrected chi connectivity index (χ4v) is 15.4. The summed E-state index contributed by atoms with van der Waals surface area (Å²) < 4.78 is 126. The van der Waals surface area contributed by atoms with E-state index < -0.39 is 84.0 Å². The standard InChI is InChI=1S/C91H76BN3/c1-88(2,3)65-50-64(51-66(54-65)89(4,5)6)63-46-48-74-78(52-63)92-79-53-62(59-30-14-10-15-31-59)47-49-84(79)95(87-72(60-32-16-11-17-33-60)55-67(90(7,8)9)56-73(87)61-34-18-12-19-35-61)85-58-69(94-80-42-26-22-38-70(80)71-39-23-27-43-81(71)94)57-77(86(85)92)91(74)75-40-24-28-44-82(75)93(68-36-20-13-21-37-68)83-45-29-25-41-76(83)91/h10-58H,1-9H3/i10D,14D,15D,22D,23D,26D,27D,30D,31D,38D,39D,42D,43D. The van der Waals surface area contributed by atoms with Gasteiger partial charge in [-0.3, -0.25) is 0 Å². The Bertz CT molecular complexity index is 5950. The first-order chi connectivity index (χ1) is 51.4. The Morgan fingerprint density at radius 1 is 0.326 bits per heavy atom. The lowest BCUT2D eigenvalue weighted by atomic mass is 9.29. The Labute approximate surface area is 578 Å². The van der Waals surface area contributed by atoms with Crippen LogP contribution in [0.4, 0.5) is 34.1 Å². The van der Waals surface area contributed by atoms with Crippen molar-refractivity contribution < 1.29 is 17.8 Å². The molecule has 0 radical (unpaired) electrons. The maximum absolute atomic E-state index is 10.1. The van der Waals surface area contributed by atoms with E-state index in [-0.39, 0.29) is 50.3 Å². The first-order valence-corrected chi connectivity index (χ1v) is 32.8. The second-order valence-electron chi connectivity index (χ2n) is 28.7.